The third-order valence-corrected chi connectivity index (χ3v) is 5.17. The minimum absolute atomic E-state index is 0.106. The zero-order valence-electron chi connectivity index (χ0n) is 13.8. The summed E-state index contributed by atoms with van der Waals surface area (Å²) in [4.78, 5) is 30.4. The molecular weight excluding hydrogens is 416 g/mol. The molecule has 132 valence electrons. The summed E-state index contributed by atoms with van der Waals surface area (Å²) >= 11 is 4.71. The van der Waals surface area contributed by atoms with E-state index in [4.69, 9.17) is 5.11 Å². The van der Waals surface area contributed by atoms with Gasteiger partial charge in [-0.15, -0.1) is 0 Å². The number of rotatable bonds is 4. The maximum Gasteiger partial charge on any atom is 0.335 e. The molecule has 26 heavy (non-hydrogen) atoms. The Balaban J connectivity index is 1.94. The van der Waals surface area contributed by atoms with Crippen molar-refractivity contribution in [1.29, 1.82) is 0 Å². The van der Waals surface area contributed by atoms with Crippen LogP contribution >= 0.6 is 27.7 Å². The van der Waals surface area contributed by atoms with Gasteiger partial charge in [-0.05, 0) is 60.7 Å². The maximum absolute atomic E-state index is 12.7. The summed E-state index contributed by atoms with van der Waals surface area (Å²) in [5.41, 5.74) is 1.58. The Morgan fingerprint density at radius 2 is 2.04 bits per heavy atom. The van der Waals surface area contributed by atoms with E-state index in [1.54, 1.807) is 17.0 Å². The summed E-state index contributed by atoms with van der Waals surface area (Å²) in [5.74, 6) is -1.12. The number of carboxylic acid groups (broad SMARTS) is 1. The zero-order chi connectivity index (χ0) is 18.7. The van der Waals surface area contributed by atoms with Crippen LogP contribution in [0.5, 0.6) is 0 Å². The summed E-state index contributed by atoms with van der Waals surface area (Å²) in [6, 6.07) is 14.0. The number of benzene rings is 2. The second-order valence-corrected chi connectivity index (χ2v) is 7.39. The van der Waals surface area contributed by atoms with Gasteiger partial charge < -0.3 is 5.11 Å². The predicted octanol–water partition coefficient (Wildman–Crippen LogP) is 4.77. The predicted molar refractivity (Wildman–Crippen MR) is 108 cm³/mol. The number of hydrogen-bond acceptors (Lipinski definition) is 4. The van der Waals surface area contributed by atoms with Crippen LogP contribution in [0.25, 0.3) is 6.08 Å². The lowest BCUT2D eigenvalue weighted by Crippen LogP contribution is -2.28. The molecule has 0 unspecified atom stereocenters. The highest BCUT2D eigenvalue weighted by molar-refractivity contribution is 9.10. The Morgan fingerprint density at radius 3 is 2.73 bits per heavy atom. The van der Waals surface area contributed by atoms with Crippen LogP contribution < -0.4 is 0 Å². The number of aromatic carboxylic acids is 1. The molecule has 7 heteroatoms. The second kappa shape index (κ2) is 7.88. The fourth-order valence-corrected chi connectivity index (χ4v) is 3.92. The van der Waals surface area contributed by atoms with Gasteiger partial charge in [0.1, 0.15) is 0 Å². The Bertz CT molecular complexity index is 940. The van der Waals surface area contributed by atoms with Crippen molar-refractivity contribution in [1.82, 2.24) is 4.90 Å². The number of thioether (sulfide) groups is 1. The van der Waals surface area contributed by atoms with Gasteiger partial charge in [0.05, 0.1) is 16.2 Å². The molecule has 0 bridgehead atoms. The Hall–Kier alpha value is -2.38. The molecule has 3 rings (SSSR count). The van der Waals surface area contributed by atoms with Gasteiger partial charge in [-0.1, -0.05) is 34.1 Å². The average molecular weight is 431 g/mol. The molecule has 0 aliphatic carbocycles. The van der Waals surface area contributed by atoms with Gasteiger partial charge in [-0.25, -0.2) is 9.79 Å². The van der Waals surface area contributed by atoms with E-state index in [1.165, 1.54) is 23.9 Å². The molecule has 1 fully saturated rings. The Labute approximate surface area is 163 Å². The van der Waals surface area contributed by atoms with Gasteiger partial charge in [-0.3, -0.25) is 9.69 Å². The highest BCUT2D eigenvalue weighted by atomic mass is 79.9. The number of carbonyl (C=O) groups excluding carboxylic acids is 1. The van der Waals surface area contributed by atoms with Crippen molar-refractivity contribution in [2.45, 2.75) is 6.92 Å². The molecule has 1 saturated heterocycles. The molecule has 2 aromatic rings. The molecule has 1 N–H and O–H groups in total. The van der Waals surface area contributed by atoms with Crippen molar-refractivity contribution < 1.29 is 14.7 Å². The number of carbonyl (C=O) groups is 2. The molecule has 1 aliphatic heterocycles. The van der Waals surface area contributed by atoms with Crippen LogP contribution in [0.3, 0.4) is 0 Å². The highest BCUT2D eigenvalue weighted by Crippen LogP contribution is 2.34. The average Bonchev–Trinajstić information content (AvgIpc) is 2.89. The van der Waals surface area contributed by atoms with E-state index in [-0.39, 0.29) is 11.5 Å². The third-order valence-electron chi connectivity index (χ3n) is 3.67. The van der Waals surface area contributed by atoms with Gasteiger partial charge in [-0.2, -0.15) is 0 Å². The number of amides is 1. The van der Waals surface area contributed by atoms with Gasteiger partial charge in [0, 0.05) is 11.0 Å². The Morgan fingerprint density at radius 1 is 1.27 bits per heavy atom. The van der Waals surface area contributed by atoms with Crippen molar-refractivity contribution in [3.05, 3.63) is 69.0 Å². The second-order valence-electron chi connectivity index (χ2n) is 5.46. The van der Waals surface area contributed by atoms with E-state index in [1.807, 2.05) is 37.3 Å². The Kier molecular flexibility index (Phi) is 5.58. The van der Waals surface area contributed by atoms with Crippen molar-refractivity contribution in [2.75, 3.05) is 6.54 Å². The largest absolute Gasteiger partial charge is 0.478 e. The smallest absolute Gasteiger partial charge is 0.335 e. The highest BCUT2D eigenvalue weighted by Gasteiger charge is 2.32. The molecule has 5 nitrogen and oxygen atoms in total. The van der Waals surface area contributed by atoms with E-state index in [9.17, 15) is 9.59 Å². The molecule has 0 aromatic heterocycles. The monoisotopic (exact) mass is 430 g/mol. The first-order valence-electron chi connectivity index (χ1n) is 7.87. The van der Waals surface area contributed by atoms with Crippen molar-refractivity contribution in [3.63, 3.8) is 0 Å². The number of carboxylic acids is 1. The SMILES string of the molecule is CCN1C(=O)C(=Cc2cccc(Br)c2)SC1=Nc1cccc(C(=O)O)c1. The van der Waals surface area contributed by atoms with E-state index in [0.717, 1.165) is 10.0 Å². The maximum atomic E-state index is 12.7. The van der Waals surface area contributed by atoms with Crippen LogP contribution in [0, 0.1) is 0 Å². The van der Waals surface area contributed by atoms with Crippen LogP contribution in [-0.2, 0) is 4.79 Å². The summed E-state index contributed by atoms with van der Waals surface area (Å²) in [6.07, 6.45) is 1.83. The number of nitrogens with zero attached hydrogens (tertiary/aromatic N) is 2. The molecule has 0 radical (unpaired) electrons. The van der Waals surface area contributed by atoms with Gasteiger partial charge >= 0.3 is 5.97 Å². The molecule has 1 amide bonds. The zero-order valence-corrected chi connectivity index (χ0v) is 16.3. The molecule has 0 atom stereocenters. The van der Waals surface area contributed by atoms with Crippen LogP contribution in [0.2, 0.25) is 0 Å². The number of halogens is 1. The molecule has 0 saturated carbocycles. The summed E-state index contributed by atoms with van der Waals surface area (Å²) in [6.45, 7) is 2.36. The standard InChI is InChI=1S/C19H15BrN2O3S/c1-2-22-17(23)16(10-12-5-3-7-14(20)9-12)26-19(22)21-15-8-4-6-13(11-15)18(24)25/h3-11H,2H2,1H3,(H,24,25). The van der Waals surface area contributed by atoms with Crippen LogP contribution in [0.1, 0.15) is 22.8 Å². The molecule has 2 aromatic carbocycles. The van der Waals surface area contributed by atoms with Gasteiger partial charge in [0.15, 0.2) is 5.17 Å². The lowest BCUT2D eigenvalue weighted by atomic mass is 10.2. The van der Waals surface area contributed by atoms with E-state index >= 15 is 0 Å². The van der Waals surface area contributed by atoms with Crippen LogP contribution in [-0.4, -0.2) is 33.6 Å². The van der Waals surface area contributed by atoms with Crippen LogP contribution in [0.4, 0.5) is 5.69 Å². The van der Waals surface area contributed by atoms with E-state index < -0.39 is 5.97 Å². The van der Waals surface area contributed by atoms with E-state index in [0.29, 0.717) is 22.3 Å². The summed E-state index contributed by atoms with van der Waals surface area (Å²) in [5, 5.41) is 9.65. The third kappa shape index (κ3) is 4.05. The fraction of sp³-hybridized carbons (Fsp3) is 0.105. The van der Waals surface area contributed by atoms with Crippen molar-refractivity contribution >= 4 is 56.5 Å². The minimum Gasteiger partial charge on any atom is -0.478 e. The number of likely N-dealkylation sites (N-methyl/N-ethyl adjacent to an activating group) is 1. The van der Waals surface area contributed by atoms with Crippen LogP contribution in [0.15, 0.2) is 62.9 Å². The lowest BCUT2D eigenvalue weighted by molar-refractivity contribution is -0.122. The normalized spacial score (nSPS) is 17.3. The first kappa shape index (κ1) is 18.4. The number of amidine groups is 1. The van der Waals surface area contributed by atoms with E-state index in [2.05, 4.69) is 20.9 Å². The lowest BCUT2D eigenvalue weighted by Gasteiger charge is -2.12. The number of aliphatic imine (C=N–C) groups is 1. The first-order chi connectivity index (χ1) is 12.5. The van der Waals surface area contributed by atoms with Gasteiger partial charge in [0.2, 0.25) is 0 Å². The molecule has 1 aliphatic rings. The summed E-state index contributed by atoms with van der Waals surface area (Å²) in [7, 11) is 0. The molecule has 0 spiro atoms. The van der Waals surface area contributed by atoms with Crippen molar-refractivity contribution in [3.8, 4) is 0 Å². The van der Waals surface area contributed by atoms with Crippen molar-refractivity contribution in [2.24, 2.45) is 4.99 Å². The van der Waals surface area contributed by atoms with Gasteiger partial charge in [0.25, 0.3) is 5.91 Å². The molecular formula is C19H15BrN2O3S. The number of hydrogen-bond donors (Lipinski definition) is 1. The first-order valence-corrected chi connectivity index (χ1v) is 9.48. The summed E-state index contributed by atoms with van der Waals surface area (Å²) < 4.78 is 0.939. The molecule has 1 heterocycles. The fourth-order valence-electron chi connectivity index (χ4n) is 2.44. The quantitative estimate of drug-likeness (QED) is 0.708. The topological polar surface area (TPSA) is 70.0 Å². The minimum atomic E-state index is -1.01.